The number of ether oxygens (including phenoxy) is 1. The standard InChI is InChI=1S/C19H28N4O6S2/c1-29-12-5-3-10-17-21-18(11-4-6-13-30(2,24)25)23-19(22-17)20-15-8-7-9-16(14-15)31(26,27)28/h7-9,14H,3-6,10-13H2,1-2H3,(H,26,27,28)(H,20,21,22,23). The second-order valence-corrected chi connectivity index (χ2v) is 10.8. The summed E-state index contributed by atoms with van der Waals surface area (Å²) >= 11 is 0. The molecule has 0 unspecified atom stereocenters. The topological polar surface area (TPSA) is 148 Å². The van der Waals surface area contributed by atoms with Gasteiger partial charge in [0.05, 0.1) is 4.90 Å². The Morgan fingerprint density at radius 3 is 2.19 bits per heavy atom. The van der Waals surface area contributed by atoms with E-state index in [-0.39, 0.29) is 16.6 Å². The van der Waals surface area contributed by atoms with Gasteiger partial charge in [-0.2, -0.15) is 18.4 Å². The van der Waals surface area contributed by atoms with Gasteiger partial charge in [-0.25, -0.2) is 13.4 Å². The van der Waals surface area contributed by atoms with Gasteiger partial charge in [-0.05, 0) is 43.9 Å². The molecular weight excluding hydrogens is 444 g/mol. The molecule has 0 aliphatic carbocycles. The highest BCUT2D eigenvalue weighted by Crippen LogP contribution is 2.19. The van der Waals surface area contributed by atoms with Crippen LogP contribution in [0.2, 0.25) is 0 Å². The number of anilines is 2. The highest BCUT2D eigenvalue weighted by molar-refractivity contribution is 7.90. The average Bonchev–Trinajstić information content (AvgIpc) is 2.67. The van der Waals surface area contributed by atoms with E-state index in [1.54, 1.807) is 13.2 Å². The maximum atomic E-state index is 11.4. The molecule has 0 radical (unpaired) electrons. The van der Waals surface area contributed by atoms with Gasteiger partial charge in [0.1, 0.15) is 21.5 Å². The molecule has 1 aromatic carbocycles. The number of unbranched alkanes of at least 4 members (excludes halogenated alkanes) is 2. The van der Waals surface area contributed by atoms with Crippen LogP contribution in [0.3, 0.4) is 0 Å². The number of aryl methyl sites for hydroxylation is 2. The van der Waals surface area contributed by atoms with E-state index in [1.807, 2.05) is 0 Å². The van der Waals surface area contributed by atoms with Gasteiger partial charge in [-0.3, -0.25) is 4.55 Å². The van der Waals surface area contributed by atoms with Gasteiger partial charge in [0.25, 0.3) is 10.1 Å². The molecule has 1 aromatic heterocycles. The van der Waals surface area contributed by atoms with Crippen molar-refractivity contribution < 1.29 is 26.1 Å². The maximum absolute atomic E-state index is 11.4. The Kier molecular flexibility index (Phi) is 9.29. The fourth-order valence-electron chi connectivity index (χ4n) is 2.79. The first kappa shape index (κ1) is 25.1. The molecule has 10 nitrogen and oxygen atoms in total. The van der Waals surface area contributed by atoms with Crippen molar-refractivity contribution in [3.8, 4) is 0 Å². The van der Waals surface area contributed by atoms with Crippen LogP contribution < -0.4 is 5.32 Å². The van der Waals surface area contributed by atoms with E-state index in [0.717, 1.165) is 12.8 Å². The van der Waals surface area contributed by atoms with E-state index in [9.17, 15) is 21.4 Å². The molecule has 2 N–H and O–H groups in total. The largest absolute Gasteiger partial charge is 0.385 e. The van der Waals surface area contributed by atoms with Crippen LogP contribution >= 0.6 is 0 Å². The number of sulfone groups is 1. The number of rotatable bonds is 13. The lowest BCUT2D eigenvalue weighted by Gasteiger charge is -2.10. The third-order valence-electron chi connectivity index (χ3n) is 4.28. The predicted molar refractivity (Wildman–Crippen MR) is 117 cm³/mol. The number of aromatic nitrogens is 3. The minimum absolute atomic E-state index is 0.107. The molecule has 0 fully saturated rings. The summed E-state index contributed by atoms with van der Waals surface area (Å²) in [5.41, 5.74) is 0.398. The van der Waals surface area contributed by atoms with Gasteiger partial charge in [0, 0.05) is 44.3 Å². The van der Waals surface area contributed by atoms with Crippen LogP contribution in [0.4, 0.5) is 11.6 Å². The van der Waals surface area contributed by atoms with Crippen molar-refractivity contribution >= 4 is 31.6 Å². The number of hydrogen-bond donors (Lipinski definition) is 2. The van der Waals surface area contributed by atoms with Crippen LogP contribution in [-0.2, 0) is 37.5 Å². The van der Waals surface area contributed by atoms with Gasteiger partial charge in [0.15, 0.2) is 0 Å². The van der Waals surface area contributed by atoms with Crippen molar-refractivity contribution in [2.75, 3.05) is 31.0 Å². The minimum atomic E-state index is -4.33. The molecule has 0 saturated heterocycles. The van der Waals surface area contributed by atoms with E-state index < -0.39 is 20.0 Å². The van der Waals surface area contributed by atoms with Crippen LogP contribution in [-0.4, -0.2) is 62.1 Å². The van der Waals surface area contributed by atoms with Crippen LogP contribution in [0.5, 0.6) is 0 Å². The Morgan fingerprint density at radius 1 is 0.968 bits per heavy atom. The van der Waals surface area contributed by atoms with Crippen molar-refractivity contribution in [1.29, 1.82) is 0 Å². The zero-order valence-electron chi connectivity index (χ0n) is 17.6. The third kappa shape index (κ3) is 9.68. The van der Waals surface area contributed by atoms with Crippen molar-refractivity contribution in [1.82, 2.24) is 15.0 Å². The molecule has 0 atom stereocenters. The van der Waals surface area contributed by atoms with E-state index in [1.165, 1.54) is 24.5 Å². The molecule has 0 spiro atoms. The van der Waals surface area contributed by atoms with Gasteiger partial charge < -0.3 is 10.1 Å². The number of benzene rings is 1. The van der Waals surface area contributed by atoms with Crippen molar-refractivity contribution in [3.63, 3.8) is 0 Å². The predicted octanol–water partition coefficient (Wildman–Crippen LogP) is 2.20. The van der Waals surface area contributed by atoms with Crippen LogP contribution in [0, 0.1) is 0 Å². The molecule has 0 aliphatic rings. The summed E-state index contributed by atoms with van der Waals surface area (Å²) in [7, 11) is -5.71. The molecule has 0 bridgehead atoms. The first-order valence-corrected chi connectivity index (χ1v) is 13.3. The Morgan fingerprint density at radius 2 is 1.61 bits per heavy atom. The molecule has 31 heavy (non-hydrogen) atoms. The van der Waals surface area contributed by atoms with Gasteiger partial charge >= 0.3 is 0 Å². The molecule has 0 saturated carbocycles. The SMILES string of the molecule is COCCCCc1nc(CCCCS(C)(=O)=O)nc(Nc2cccc(S(=O)(=O)O)c2)n1. The highest BCUT2D eigenvalue weighted by Gasteiger charge is 2.12. The van der Waals surface area contributed by atoms with E-state index in [0.29, 0.717) is 49.6 Å². The zero-order chi connectivity index (χ0) is 22.9. The van der Waals surface area contributed by atoms with Crippen molar-refractivity contribution in [2.24, 2.45) is 0 Å². The van der Waals surface area contributed by atoms with Crippen molar-refractivity contribution in [2.45, 2.75) is 43.4 Å². The third-order valence-corrected chi connectivity index (χ3v) is 6.16. The lowest BCUT2D eigenvalue weighted by atomic mass is 10.2. The fourth-order valence-corrected chi connectivity index (χ4v) is 4.04. The van der Waals surface area contributed by atoms with Crippen LogP contribution in [0.15, 0.2) is 29.2 Å². The lowest BCUT2D eigenvalue weighted by Crippen LogP contribution is -2.09. The summed E-state index contributed by atoms with van der Waals surface area (Å²) in [4.78, 5) is 13.0. The van der Waals surface area contributed by atoms with E-state index >= 15 is 0 Å². The molecule has 172 valence electrons. The summed E-state index contributed by atoms with van der Waals surface area (Å²) in [6.07, 6.45) is 5.10. The van der Waals surface area contributed by atoms with Crippen LogP contribution in [0.1, 0.15) is 37.3 Å². The number of nitrogens with one attached hydrogen (secondary N) is 1. The van der Waals surface area contributed by atoms with E-state index in [4.69, 9.17) is 4.74 Å². The molecule has 2 aromatic rings. The average molecular weight is 473 g/mol. The lowest BCUT2D eigenvalue weighted by molar-refractivity contribution is 0.193. The van der Waals surface area contributed by atoms with Gasteiger partial charge in [-0.15, -0.1) is 0 Å². The monoisotopic (exact) mass is 472 g/mol. The number of methoxy groups -OCH3 is 1. The van der Waals surface area contributed by atoms with E-state index in [2.05, 4.69) is 20.3 Å². The molecule has 2 rings (SSSR count). The number of nitrogens with zero attached hydrogens (tertiary/aromatic N) is 3. The molecule has 0 amide bonds. The zero-order valence-corrected chi connectivity index (χ0v) is 19.2. The molecule has 1 heterocycles. The van der Waals surface area contributed by atoms with Crippen LogP contribution in [0.25, 0.3) is 0 Å². The first-order chi connectivity index (χ1) is 14.6. The Hall–Kier alpha value is -2.15. The molecular formula is C19H28N4O6S2. The first-order valence-electron chi connectivity index (χ1n) is 9.82. The van der Waals surface area contributed by atoms with Crippen molar-refractivity contribution in [3.05, 3.63) is 35.9 Å². The quantitative estimate of drug-likeness (QED) is 0.328. The second-order valence-electron chi connectivity index (χ2n) is 7.16. The smallest absolute Gasteiger partial charge is 0.294 e. The molecule has 0 aliphatic heterocycles. The Labute approximate surface area is 183 Å². The summed E-state index contributed by atoms with van der Waals surface area (Å²) in [5.74, 6) is 1.47. The minimum Gasteiger partial charge on any atom is -0.385 e. The van der Waals surface area contributed by atoms with Gasteiger partial charge in [-0.1, -0.05) is 6.07 Å². The highest BCUT2D eigenvalue weighted by atomic mass is 32.2. The summed E-state index contributed by atoms with van der Waals surface area (Å²) in [5, 5.41) is 2.96. The summed E-state index contributed by atoms with van der Waals surface area (Å²) < 4.78 is 59.6. The normalized spacial score (nSPS) is 12.1. The number of hydrogen-bond acceptors (Lipinski definition) is 9. The van der Waals surface area contributed by atoms with Gasteiger partial charge in [0.2, 0.25) is 5.95 Å². The Balaban J connectivity index is 2.17. The summed E-state index contributed by atoms with van der Waals surface area (Å²) in [6.45, 7) is 0.636. The maximum Gasteiger partial charge on any atom is 0.294 e. The fraction of sp³-hybridized carbons (Fsp3) is 0.526. The second kappa shape index (κ2) is 11.5. The summed E-state index contributed by atoms with van der Waals surface area (Å²) in [6, 6.07) is 5.68. The Bertz CT molecular complexity index is 1070. The molecule has 12 heteroatoms.